The molecule has 0 radical (unpaired) electrons. The zero-order valence-electron chi connectivity index (χ0n) is 29.3. The van der Waals surface area contributed by atoms with Crippen molar-refractivity contribution in [3.8, 4) is 0 Å². The van der Waals surface area contributed by atoms with Crippen molar-refractivity contribution in [1.82, 2.24) is 15.0 Å². The Morgan fingerprint density at radius 1 is 0.911 bits per heavy atom. The number of azo groups is 1. The van der Waals surface area contributed by atoms with Crippen molar-refractivity contribution in [1.29, 1.82) is 0 Å². The average molecular weight is 886 g/mol. The van der Waals surface area contributed by atoms with Gasteiger partial charge in [-0.1, -0.05) is 6.58 Å². The normalized spacial score (nSPS) is 11.6. The number of urea groups is 1. The molecule has 0 bridgehead atoms. The van der Waals surface area contributed by atoms with Gasteiger partial charge in [0, 0.05) is 27.9 Å². The van der Waals surface area contributed by atoms with Crippen LogP contribution in [0.3, 0.4) is 0 Å². The minimum Gasteiger partial charge on any atom is -0.744 e. The Kier molecular flexibility index (Phi) is 21.4. The van der Waals surface area contributed by atoms with Crippen molar-refractivity contribution in [2.75, 3.05) is 41.5 Å². The fourth-order valence-electron chi connectivity index (χ4n) is 4.16. The van der Waals surface area contributed by atoms with Gasteiger partial charge in [0.25, 0.3) is 0 Å². The van der Waals surface area contributed by atoms with E-state index in [2.05, 4.69) is 57.1 Å². The van der Waals surface area contributed by atoms with E-state index in [-0.39, 0.29) is 171 Å². The summed E-state index contributed by atoms with van der Waals surface area (Å²) in [6.45, 7) is 3.14. The summed E-state index contributed by atoms with van der Waals surface area (Å²) in [4.78, 5) is 20.7. The number of nitrogens with zero attached hydrogens (tertiary/aromatic N) is 5. The number of nitrogens with two attached hydrogens (primary N) is 1. The van der Waals surface area contributed by atoms with E-state index in [4.69, 9.17) is 10.5 Å². The van der Waals surface area contributed by atoms with E-state index in [1.54, 1.807) is 0 Å². The SMILES string of the molecule is C=CS(=O)(=O)CCOCCNc1nc(F)nc(Nc2ccc(N=Nc3cc4c(S(=O)(=O)[O-])cc(SOO[O-])cc4cc3S(=O)(=O)[O-])c(NC(N)=O)c2)n1.[Na+].[Na+].[Na+]. The maximum Gasteiger partial charge on any atom is 1.00 e. The van der Waals surface area contributed by atoms with Gasteiger partial charge >= 0.3 is 101 Å². The molecular formula is C26H23FN9Na3O13S4. The maximum atomic E-state index is 14.2. The van der Waals surface area contributed by atoms with Crippen LogP contribution in [0.5, 0.6) is 0 Å². The molecule has 0 aliphatic rings. The van der Waals surface area contributed by atoms with E-state index in [1.807, 2.05) is 0 Å². The molecule has 2 amide bonds. The molecular weight excluding hydrogens is 863 g/mol. The van der Waals surface area contributed by atoms with Gasteiger partial charge in [0.1, 0.15) is 31.6 Å². The molecule has 0 saturated carbocycles. The monoisotopic (exact) mass is 885 g/mol. The second-order valence-electron chi connectivity index (χ2n) is 9.96. The number of ether oxygens (including phenoxy) is 1. The standard InChI is InChI=1S/C26H26FN9O13S4.3Na/c1-2-51(39,40)8-7-47-6-5-29-25-32-23(27)33-26(34-25)30-15-3-4-18(19(11-15)31-24(28)37)35-36-20-13-17-14(10-22(20)53(44,45)46)9-16(50-49-48-38)12-21(17)52(41,42)43;;;/h2-4,9-13,38H,1,5-8H2,(H3,28,31,37)(H,41,42,43)(H,44,45,46)(H2,29,30,32,33,34);;;/q;3*+1/p-3. The van der Waals surface area contributed by atoms with E-state index in [1.165, 1.54) is 18.2 Å². The van der Waals surface area contributed by atoms with Crippen molar-refractivity contribution in [2.45, 2.75) is 14.7 Å². The number of nitrogens with one attached hydrogen (secondary N) is 3. The van der Waals surface area contributed by atoms with Gasteiger partial charge in [0.05, 0.1) is 46.5 Å². The summed E-state index contributed by atoms with van der Waals surface area (Å²) in [5.74, 6) is -0.828. The largest absolute Gasteiger partial charge is 1.00 e. The van der Waals surface area contributed by atoms with Gasteiger partial charge < -0.3 is 40.8 Å². The zero-order chi connectivity index (χ0) is 39.0. The molecule has 5 N–H and O–H groups in total. The van der Waals surface area contributed by atoms with E-state index in [0.717, 1.165) is 29.7 Å². The Balaban J connectivity index is 0.00000523. The number of carbonyl (C=O) groups excluding carboxylic acids is 1. The summed E-state index contributed by atoms with van der Waals surface area (Å²) in [5, 5.41) is 28.8. The van der Waals surface area contributed by atoms with Gasteiger partial charge in [-0.2, -0.15) is 23.7 Å². The fourth-order valence-corrected chi connectivity index (χ4v) is 6.54. The predicted molar refractivity (Wildman–Crippen MR) is 178 cm³/mol. The summed E-state index contributed by atoms with van der Waals surface area (Å²) in [6.07, 6.45) is -1.20. The van der Waals surface area contributed by atoms with Crippen LogP contribution in [0.25, 0.3) is 10.8 Å². The Hall–Kier alpha value is -1.97. The number of hydrogen-bond donors (Lipinski definition) is 4. The second-order valence-corrected chi connectivity index (χ2v) is 15.5. The van der Waals surface area contributed by atoms with E-state index < -0.39 is 57.7 Å². The molecule has 0 fully saturated rings. The predicted octanol–water partition coefficient (Wildman–Crippen LogP) is -7.15. The number of hydrogen-bond acceptors (Lipinski definition) is 21. The molecule has 0 atom stereocenters. The number of aromatic nitrogens is 3. The Morgan fingerprint density at radius 2 is 1.57 bits per heavy atom. The van der Waals surface area contributed by atoms with Crippen LogP contribution in [0.2, 0.25) is 0 Å². The molecule has 3 aromatic carbocycles. The van der Waals surface area contributed by atoms with Crippen molar-refractivity contribution in [2.24, 2.45) is 16.0 Å². The summed E-state index contributed by atoms with van der Waals surface area (Å²) >= 11 is 0.194. The van der Waals surface area contributed by atoms with Gasteiger partial charge in [-0.05, 0) is 47.9 Å². The van der Waals surface area contributed by atoms with Crippen LogP contribution in [0.1, 0.15) is 0 Å². The number of carbonyl (C=O) groups is 1. The van der Waals surface area contributed by atoms with Gasteiger partial charge in [-0.25, -0.2) is 30.0 Å². The van der Waals surface area contributed by atoms with Crippen molar-refractivity contribution in [3.63, 3.8) is 0 Å². The molecule has 284 valence electrons. The molecule has 30 heteroatoms. The van der Waals surface area contributed by atoms with Crippen molar-refractivity contribution in [3.05, 3.63) is 60.5 Å². The molecule has 0 aliphatic heterocycles. The van der Waals surface area contributed by atoms with E-state index >= 15 is 0 Å². The number of fused-ring (bicyclic) bond motifs is 1. The molecule has 1 aromatic heterocycles. The third-order valence-corrected chi connectivity index (χ3v) is 9.88. The zero-order valence-corrected chi connectivity index (χ0v) is 38.6. The number of primary amides is 1. The number of benzene rings is 3. The number of halogens is 1. The van der Waals surface area contributed by atoms with Crippen LogP contribution in [0, 0.1) is 6.08 Å². The number of anilines is 4. The Bertz CT molecular complexity index is 2420. The number of sulfone groups is 1. The molecule has 1 heterocycles. The molecule has 22 nitrogen and oxygen atoms in total. The molecule has 4 aromatic rings. The summed E-state index contributed by atoms with van der Waals surface area (Å²) in [7, 11) is -14.0. The van der Waals surface area contributed by atoms with Gasteiger partial charge in [0.15, 0.2) is 9.84 Å². The fraction of sp³-hybridized carbons (Fsp3) is 0.154. The van der Waals surface area contributed by atoms with Crippen LogP contribution >= 0.6 is 12.0 Å². The number of amides is 2. The van der Waals surface area contributed by atoms with Crippen molar-refractivity contribution >= 4 is 93.6 Å². The van der Waals surface area contributed by atoms with Crippen LogP contribution in [-0.2, 0) is 44.2 Å². The second kappa shape index (κ2) is 23.0. The molecule has 0 aliphatic carbocycles. The summed E-state index contributed by atoms with van der Waals surface area (Å²) in [6, 6.07) is 6.04. The first-order valence-electron chi connectivity index (χ1n) is 14.0. The van der Waals surface area contributed by atoms with Crippen molar-refractivity contribution < 1.29 is 152 Å². The Morgan fingerprint density at radius 3 is 2.20 bits per heavy atom. The van der Waals surface area contributed by atoms with Gasteiger partial charge in [-0.15, -0.1) is 10.2 Å². The molecule has 0 spiro atoms. The molecule has 0 unspecified atom stereocenters. The average Bonchev–Trinajstić information content (AvgIpc) is 3.06. The van der Waals surface area contributed by atoms with Gasteiger partial charge in [0.2, 0.25) is 11.9 Å². The summed E-state index contributed by atoms with van der Waals surface area (Å²) in [5.41, 5.74) is 4.29. The van der Waals surface area contributed by atoms with Gasteiger partial charge in [-0.3, -0.25) is 5.04 Å². The quantitative estimate of drug-likeness (QED) is 0.0137. The first-order valence-corrected chi connectivity index (χ1v) is 19.3. The third-order valence-electron chi connectivity index (χ3n) is 6.34. The maximum absolute atomic E-state index is 14.2. The smallest absolute Gasteiger partial charge is 0.744 e. The van der Waals surface area contributed by atoms with Crippen LogP contribution in [0.4, 0.5) is 43.8 Å². The van der Waals surface area contributed by atoms with E-state index in [0.29, 0.717) is 0 Å². The summed E-state index contributed by atoms with van der Waals surface area (Å²) < 4.78 is 119. The van der Waals surface area contributed by atoms with Crippen LogP contribution < -0.4 is 116 Å². The minimum absolute atomic E-state index is 0. The first kappa shape index (κ1) is 52.0. The first-order chi connectivity index (χ1) is 24.9. The number of rotatable bonds is 18. The van der Waals surface area contributed by atoms with E-state index in [9.17, 15) is 48.8 Å². The topological polar surface area (TPSA) is 342 Å². The third kappa shape index (κ3) is 15.7. The van der Waals surface area contributed by atoms with Crippen LogP contribution in [-0.4, -0.2) is 80.9 Å². The Labute approximate surface area is 388 Å². The molecule has 4 rings (SSSR count). The molecule has 56 heavy (non-hydrogen) atoms. The van der Waals surface area contributed by atoms with Crippen LogP contribution in [0.15, 0.2) is 79.4 Å². The molecule has 0 saturated heterocycles. The minimum atomic E-state index is -5.33.